The third-order valence-corrected chi connectivity index (χ3v) is 6.88. The van der Waals surface area contributed by atoms with Crippen molar-refractivity contribution in [3.63, 3.8) is 0 Å². The predicted octanol–water partition coefficient (Wildman–Crippen LogP) is 3.94. The molecular weight excluding hydrogens is 456 g/mol. The van der Waals surface area contributed by atoms with Crippen molar-refractivity contribution in [3.8, 4) is 11.4 Å². The number of hydrogen-bond acceptors (Lipinski definition) is 5. The Labute approximate surface area is 197 Å². The molecule has 3 heterocycles. The van der Waals surface area contributed by atoms with E-state index in [9.17, 15) is 9.59 Å². The largest absolute Gasteiger partial charge is 0.303 e. The van der Waals surface area contributed by atoms with Gasteiger partial charge in [-0.3, -0.25) is 9.59 Å². The van der Waals surface area contributed by atoms with E-state index in [1.807, 2.05) is 66.7 Å². The van der Waals surface area contributed by atoms with Gasteiger partial charge in [-0.25, -0.2) is 0 Å². The normalized spacial score (nSPS) is 14.8. The smallest absolute Gasteiger partial charge is 0.291 e. The highest BCUT2D eigenvalue weighted by atomic mass is 35.5. The lowest BCUT2D eigenvalue weighted by atomic mass is 10.1. The summed E-state index contributed by atoms with van der Waals surface area (Å²) >= 11 is 7.19. The number of aromatic nitrogens is 3. The van der Waals surface area contributed by atoms with E-state index in [0.717, 1.165) is 22.4 Å². The summed E-state index contributed by atoms with van der Waals surface area (Å²) in [7, 11) is 0. The van der Waals surface area contributed by atoms with Gasteiger partial charge in [0.1, 0.15) is 4.53 Å². The number of benzene rings is 3. The molecule has 0 unspecified atom stereocenters. The maximum absolute atomic E-state index is 13.6. The van der Waals surface area contributed by atoms with E-state index in [2.05, 4.69) is 10.1 Å². The van der Waals surface area contributed by atoms with Crippen molar-refractivity contribution < 1.29 is 4.79 Å². The van der Waals surface area contributed by atoms with E-state index < -0.39 is 0 Å². The average molecular weight is 471 g/mol. The van der Waals surface area contributed by atoms with Crippen molar-refractivity contribution in [1.29, 1.82) is 0 Å². The number of rotatable bonds is 3. The van der Waals surface area contributed by atoms with E-state index in [-0.39, 0.29) is 11.5 Å². The highest BCUT2D eigenvalue weighted by molar-refractivity contribution is 7.15. The van der Waals surface area contributed by atoms with Gasteiger partial charge in [0.25, 0.3) is 11.5 Å². The Bertz CT molecular complexity index is 1640. The molecule has 3 aromatic carbocycles. The number of anilines is 1. The van der Waals surface area contributed by atoms with Crippen LogP contribution in [0, 0.1) is 0 Å². The number of carbonyl (C=O) groups excluding carboxylic acids is 1. The zero-order valence-electron chi connectivity index (χ0n) is 17.1. The van der Waals surface area contributed by atoms with Gasteiger partial charge in [-0.05, 0) is 23.8 Å². The minimum absolute atomic E-state index is 0.212. The minimum Gasteiger partial charge on any atom is -0.303 e. The molecule has 6 nitrogen and oxygen atoms in total. The molecule has 5 aromatic rings. The summed E-state index contributed by atoms with van der Waals surface area (Å²) in [6.07, 6.45) is 0. The lowest BCUT2D eigenvalue weighted by Crippen LogP contribution is -2.32. The molecule has 0 radical (unpaired) electrons. The molecule has 0 bridgehead atoms. The molecule has 0 spiro atoms. The number of hydrogen-bond donors (Lipinski definition) is 0. The molecule has 8 heteroatoms. The molecule has 0 fully saturated rings. The summed E-state index contributed by atoms with van der Waals surface area (Å²) in [5.74, 6) is 0.272. The molecular formula is C25H15ClN4O2S. The Morgan fingerprint density at radius 3 is 2.36 bits per heavy atom. The van der Waals surface area contributed by atoms with E-state index in [0.29, 0.717) is 32.5 Å². The number of carbonyl (C=O) groups is 1. The van der Waals surface area contributed by atoms with Crippen LogP contribution in [0.2, 0.25) is 5.02 Å². The second-order valence-corrected chi connectivity index (χ2v) is 9.06. The number of fused-ring (bicyclic) bond motifs is 2. The Kier molecular flexibility index (Phi) is 4.60. The number of thiazole rings is 1. The first-order valence-electron chi connectivity index (χ1n) is 10.2. The highest BCUT2D eigenvalue weighted by Crippen LogP contribution is 2.36. The van der Waals surface area contributed by atoms with Crippen LogP contribution in [0.5, 0.6) is 0 Å². The fourth-order valence-corrected chi connectivity index (χ4v) is 5.15. The van der Waals surface area contributed by atoms with E-state index in [1.165, 1.54) is 15.9 Å². The van der Waals surface area contributed by atoms with Crippen LogP contribution in [0.3, 0.4) is 0 Å². The van der Waals surface area contributed by atoms with Crippen LogP contribution in [0.4, 0.5) is 5.69 Å². The van der Waals surface area contributed by atoms with E-state index in [1.54, 1.807) is 17.0 Å². The summed E-state index contributed by atoms with van der Waals surface area (Å²) < 4.78 is 1.63. The third kappa shape index (κ3) is 3.25. The SMILES string of the molecule is O=C1/C(=c2\sc3nc(-c4ccccc4)nn3c2=O)c2ccccc2N1Cc1ccc(Cl)cc1. The van der Waals surface area contributed by atoms with E-state index in [4.69, 9.17) is 11.6 Å². The van der Waals surface area contributed by atoms with Gasteiger partial charge in [0, 0.05) is 16.1 Å². The molecule has 0 saturated carbocycles. The maximum atomic E-state index is 13.6. The Morgan fingerprint density at radius 1 is 0.879 bits per heavy atom. The lowest BCUT2D eigenvalue weighted by molar-refractivity contribution is -0.113. The van der Waals surface area contributed by atoms with Gasteiger partial charge in [0.05, 0.1) is 17.8 Å². The molecule has 6 rings (SSSR count). The number of para-hydroxylation sites is 1. The topological polar surface area (TPSA) is 67.6 Å². The molecule has 2 aromatic heterocycles. The molecule has 1 amide bonds. The monoisotopic (exact) mass is 470 g/mol. The maximum Gasteiger partial charge on any atom is 0.291 e. The summed E-state index contributed by atoms with van der Waals surface area (Å²) in [6, 6.07) is 24.4. The molecule has 1 aliphatic heterocycles. The summed E-state index contributed by atoms with van der Waals surface area (Å²) in [6.45, 7) is 0.379. The van der Waals surface area contributed by atoms with Crippen LogP contribution < -0.4 is 15.0 Å². The van der Waals surface area contributed by atoms with E-state index >= 15 is 0 Å². The lowest BCUT2D eigenvalue weighted by Gasteiger charge is -2.17. The molecule has 0 atom stereocenters. The van der Waals surface area contributed by atoms with Crippen LogP contribution >= 0.6 is 22.9 Å². The summed E-state index contributed by atoms with van der Waals surface area (Å²) in [4.78, 5) is 33.5. The fraction of sp³-hybridized carbons (Fsp3) is 0.0400. The van der Waals surface area contributed by atoms with Crippen molar-refractivity contribution in [3.05, 3.63) is 110 Å². The first kappa shape index (κ1) is 19.8. The molecule has 0 N–H and O–H groups in total. The van der Waals surface area contributed by atoms with Gasteiger partial charge in [-0.2, -0.15) is 9.50 Å². The van der Waals surface area contributed by atoms with Gasteiger partial charge < -0.3 is 4.90 Å². The van der Waals surface area contributed by atoms with Gasteiger partial charge in [0.15, 0.2) is 5.82 Å². The first-order valence-corrected chi connectivity index (χ1v) is 11.4. The summed E-state index contributed by atoms with van der Waals surface area (Å²) in [5, 5.41) is 5.04. The Hall–Kier alpha value is -3.81. The van der Waals surface area contributed by atoms with Gasteiger partial charge >= 0.3 is 0 Å². The van der Waals surface area contributed by atoms with Crippen molar-refractivity contribution in [2.45, 2.75) is 6.54 Å². The van der Waals surface area contributed by atoms with Gasteiger partial charge in [0.2, 0.25) is 4.96 Å². The fourth-order valence-electron chi connectivity index (χ4n) is 4.02. The molecule has 0 aliphatic carbocycles. The zero-order valence-corrected chi connectivity index (χ0v) is 18.7. The van der Waals surface area contributed by atoms with Gasteiger partial charge in [-0.1, -0.05) is 83.6 Å². The number of amides is 1. The molecule has 0 saturated heterocycles. The Morgan fingerprint density at radius 2 is 1.61 bits per heavy atom. The van der Waals surface area contributed by atoms with Crippen LogP contribution in [0.15, 0.2) is 83.7 Å². The van der Waals surface area contributed by atoms with Crippen molar-refractivity contribution in [2.75, 3.05) is 4.90 Å². The van der Waals surface area contributed by atoms with Crippen molar-refractivity contribution in [1.82, 2.24) is 14.6 Å². The van der Waals surface area contributed by atoms with Gasteiger partial charge in [-0.15, -0.1) is 5.10 Å². The highest BCUT2D eigenvalue weighted by Gasteiger charge is 2.34. The van der Waals surface area contributed by atoms with Crippen LogP contribution in [0.25, 0.3) is 21.9 Å². The van der Waals surface area contributed by atoms with Crippen LogP contribution in [-0.2, 0) is 11.3 Å². The van der Waals surface area contributed by atoms with Crippen molar-refractivity contribution in [2.24, 2.45) is 0 Å². The average Bonchev–Trinajstić information content (AvgIpc) is 3.47. The Balaban J connectivity index is 1.49. The number of halogens is 1. The second kappa shape index (κ2) is 7.65. The van der Waals surface area contributed by atoms with Crippen LogP contribution in [-0.4, -0.2) is 20.5 Å². The quantitative estimate of drug-likeness (QED) is 0.400. The zero-order chi connectivity index (χ0) is 22.5. The number of nitrogens with zero attached hydrogens (tertiary/aromatic N) is 4. The minimum atomic E-state index is -0.337. The molecule has 160 valence electrons. The molecule has 33 heavy (non-hydrogen) atoms. The second-order valence-electron chi connectivity index (χ2n) is 7.64. The molecule has 1 aliphatic rings. The van der Waals surface area contributed by atoms with Crippen LogP contribution in [0.1, 0.15) is 11.1 Å². The standard InChI is InChI=1S/C25H15ClN4O2S/c26-17-12-10-15(11-13-17)14-29-19-9-5-4-8-18(19)20(23(29)31)21-24(32)30-25(33-21)27-22(28-30)16-6-2-1-3-7-16/h1-13H,14H2/b21-20-. The third-order valence-electron chi connectivity index (χ3n) is 5.59. The summed E-state index contributed by atoms with van der Waals surface area (Å²) in [5.41, 5.74) is 3.34. The predicted molar refractivity (Wildman–Crippen MR) is 129 cm³/mol. The van der Waals surface area contributed by atoms with Crippen molar-refractivity contribution >= 4 is 45.1 Å². The first-order chi connectivity index (χ1) is 16.1.